The molecule has 1 aromatic carbocycles. The van der Waals surface area contributed by atoms with Crippen molar-refractivity contribution in [3.63, 3.8) is 0 Å². The quantitative estimate of drug-likeness (QED) is 0.839. The molecule has 2 fully saturated rings. The van der Waals surface area contributed by atoms with E-state index >= 15 is 0 Å². The Balaban J connectivity index is 0.00000210. The number of likely N-dealkylation sites (tertiary alicyclic amines) is 1. The minimum absolute atomic E-state index is 0. The van der Waals surface area contributed by atoms with E-state index in [1.807, 2.05) is 23.1 Å². The zero-order chi connectivity index (χ0) is 18.1. The van der Waals surface area contributed by atoms with Gasteiger partial charge in [0.25, 0.3) is 0 Å². The minimum atomic E-state index is -0.303. The Morgan fingerprint density at radius 3 is 2.74 bits per heavy atom. The van der Waals surface area contributed by atoms with Crippen molar-refractivity contribution in [2.24, 2.45) is 11.7 Å². The van der Waals surface area contributed by atoms with Gasteiger partial charge in [-0.3, -0.25) is 9.59 Å². The van der Waals surface area contributed by atoms with Gasteiger partial charge in [-0.1, -0.05) is 0 Å². The van der Waals surface area contributed by atoms with Crippen LogP contribution in [-0.2, 0) is 9.59 Å². The molecule has 2 saturated heterocycles. The number of rotatable bonds is 3. The Hall–Kier alpha value is -1.99. The molecule has 0 saturated carbocycles. The number of hydrogen-bond donors (Lipinski definition) is 1. The van der Waals surface area contributed by atoms with E-state index in [1.165, 1.54) is 0 Å². The summed E-state index contributed by atoms with van der Waals surface area (Å²) in [5.41, 5.74) is 6.60. The molecule has 2 N–H and O–H groups in total. The molecule has 0 spiro atoms. The van der Waals surface area contributed by atoms with Crippen LogP contribution < -0.4 is 20.1 Å². The van der Waals surface area contributed by atoms with Crippen LogP contribution in [0.5, 0.6) is 11.5 Å². The molecule has 0 aromatic heterocycles. The highest BCUT2D eigenvalue weighted by atomic mass is 35.5. The number of anilines is 1. The summed E-state index contributed by atoms with van der Waals surface area (Å²) in [6, 6.07) is 5.60. The summed E-state index contributed by atoms with van der Waals surface area (Å²) in [6.45, 7) is 2.67. The van der Waals surface area contributed by atoms with Crippen LogP contribution >= 0.6 is 12.4 Å². The second-order valence-electron chi connectivity index (χ2n) is 7.15. The Morgan fingerprint density at radius 2 is 1.96 bits per heavy atom. The van der Waals surface area contributed by atoms with Crippen LogP contribution in [0.4, 0.5) is 5.69 Å². The first-order valence-electron chi connectivity index (χ1n) is 9.38. The zero-order valence-corrected chi connectivity index (χ0v) is 16.1. The highest BCUT2D eigenvalue weighted by Crippen LogP contribution is 2.36. The molecule has 0 bridgehead atoms. The number of carbonyl (C=O) groups excluding carboxylic acids is 2. The summed E-state index contributed by atoms with van der Waals surface area (Å²) in [4.78, 5) is 29.1. The molecule has 8 heteroatoms. The van der Waals surface area contributed by atoms with Crippen molar-refractivity contribution in [1.82, 2.24) is 4.90 Å². The molecule has 4 rings (SSSR count). The van der Waals surface area contributed by atoms with E-state index in [4.69, 9.17) is 15.2 Å². The van der Waals surface area contributed by atoms with Crippen LogP contribution in [0.25, 0.3) is 0 Å². The molecule has 0 radical (unpaired) electrons. The molecule has 3 heterocycles. The number of amides is 2. The zero-order valence-electron chi connectivity index (χ0n) is 15.3. The van der Waals surface area contributed by atoms with Crippen LogP contribution in [-0.4, -0.2) is 55.6 Å². The normalized spacial score (nSPS) is 24.6. The summed E-state index contributed by atoms with van der Waals surface area (Å²) in [5.74, 6) is 1.08. The monoisotopic (exact) mass is 395 g/mol. The smallest absolute Gasteiger partial charge is 0.228 e. The fourth-order valence-corrected chi connectivity index (χ4v) is 4.09. The first-order valence-corrected chi connectivity index (χ1v) is 9.38. The van der Waals surface area contributed by atoms with E-state index in [1.54, 1.807) is 4.90 Å². The largest absolute Gasteiger partial charge is 0.486 e. The maximum Gasteiger partial charge on any atom is 0.228 e. The third kappa shape index (κ3) is 3.84. The van der Waals surface area contributed by atoms with Crippen molar-refractivity contribution in [3.05, 3.63) is 18.2 Å². The van der Waals surface area contributed by atoms with Crippen molar-refractivity contribution >= 4 is 29.9 Å². The van der Waals surface area contributed by atoms with Crippen molar-refractivity contribution in [2.45, 2.75) is 31.7 Å². The number of piperidine rings is 1. The second-order valence-corrected chi connectivity index (χ2v) is 7.15. The van der Waals surface area contributed by atoms with Gasteiger partial charge in [0.05, 0.1) is 5.92 Å². The van der Waals surface area contributed by atoms with Gasteiger partial charge in [-0.2, -0.15) is 0 Å². The lowest BCUT2D eigenvalue weighted by Crippen LogP contribution is -2.50. The summed E-state index contributed by atoms with van der Waals surface area (Å²) in [6.07, 6.45) is 3.32. The number of carbonyl (C=O) groups is 2. The van der Waals surface area contributed by atoms with Gasteiger partial charge in [0.15, 0.2) is 11.5 Å². The average molecular weight is 396 g/mol. The number of halogens is 1. The third-order valence-electron chi connectivity index (χ3n) is 5.49. The summed E-state index contributed by atoms with van der Waals surface area (Å²) in [7, 11) is 0. The molecule has 3 aliphatic rings. The number of benzene rings is 1. The lowest BCUT2D eigenvalue weighted by molar-refractivity contribution is -0.139. The van der Waals surface area contributed by atoms with Gasteiger partial charge in [-0.05, 0) is 31.4 Å². The standard InChI is InChI=1S/C19H25N3O4.ClH/c20-11-15-3-1-2-6-21(15)19(24)13-9-18(23)22(12-13)14-4-5-16-17(10-14)26-8-7-25-16;/h4-5,10,13,15H,1-3,6-9,11-12,20H2;1H. The van der Waals surface area contributed by atoms with Gasteiger partial charge in [-0.15, -0.1) is 12.4 Å². The predicted molar refractivity (Wildman–Crippen MR) is 104 cm³/mol. The van der Waals surface area contributed by atoms with Crippen molar-refractivity contribution < 1.29 is 19.1 Å². The van der Waals surface area contributed by atoms with Crippen LogP contribution in [0.15, 0.2) is 18.2 Å². The minimum Gasteiger partial charge on any atom is -0.486 e. The molecule has 0 aliphatic carbocycles. The van der Waals surface area contributed by atoms with Crippen LogP contribution in [0.3, 0.4) is 0 Å². The fourth-order valence-electron chi connectivity index (χ4n) is 4.09. The lowest BCUT2D eigenvalue weighted by Gasteiger charge is -2.36. The number of fused-ring (bicyclic) bond motifs is 1. The number of nitrogens with two attached hydrogens (primary N) is 1. The number of ether oxygens (including phenoxy) is 2. The summed E-state index contributed by atoms with van der Waals surface area (Å²) in [5, 5.41) is 0. The molecule has 148 valence electrons. The van der Waals surface area contributed by atoms with E-state index < -0.39 is 0 Å². The highest BCUT2D eigenvalue weighted by molar-refractivity contribution is 6.00. The van der Waals surface area contributed by atoms with E-state index in [0.29, 0.717) is 37.8 Å². The van der Waals surface area contributed by atoms with E-state index in [0.717, 1.165) is 31.5 Å². The van der Waals surface area contributed by atoms with Crippen molar-refractivity contribution in [3.8, 4) is 11.5 Å². The summed E-state index contributed by atoms with van der Waals surface area (Å²) < 4.78 is 11.1. The SMILES string of the molecule is Cl.NCC1CCCCN1C(=O)C1CC(=O)N(c2ccc3c(c2)OCCO3)C1. The lowest BCUT2D eigenvalue weighted by atomic mass is 9.98. The Morgan fingerprint density at radius 1 is 1.19 bits per heavy atom. The Bertz CT molecular complexity index is 714. The average Bonchev–Trinajstić information content (AvgIpc) is 3.08. The molecule has 27 heavy (non-hydrogen) atoms. The van der Waals surface area contributed by atoms with Gasteiger partial charge in [0.2, 0.25) is 11.8 Å². The maximum absolute atomic E-state index is 13.0. The molecule has 1 aromatic rings. The molecular formula is C19H26ClN3O4. The van der Waals surface area contributed by atoms with Crippen LogP contribution in [0.1, 0.15) is 25.7 Å². The molecular weight excluding hydrogens is 370 g/mol. The second kappa shape index (κ2) is 8.35. The van der Waals surface area contributed by atoms with Crippen molar-refractivity contribution in [2.75, 3.05) is 37.7 Å². The van der Waals surface area contributed by atoms with Gasteiger partial charge in [0, 0.05) is 43.9 Å². The third-order valence-corrected chi connectivity index (χ3v) is 5.49. The first kappa shape index (κ1) is 19.8. The van der Waals surface area contributed by atoms with E-state index in [9.17, 15) is 9.59 Å². The number of hydrogen-bond acceptors (Lipinski definition) is 5. The molecule has 7 nitrogen and oxygen atoms in total. The summed E-state index contributed by atoms with van der Waals surface area (Å²) >= 11 is 0. The van der Waals surface area contributed by atoms with Gasteiger partial charge < -0.3 is 25.0 Å². The van der Waals surface area contributed by atoms with Crippen molar-refractivity contribution in [1.29, 1.82) is 0 Å². The highest BCUT2D eigenvalue weighted by Gasteiger charge is 2.39. The molecule has 2 atom stereocenters. The van der Waals surface area contributed by atoms with Gasteiger partial charge in [-0.25, -0.2) is 0 Å². The van der Waals surface area contributed by atoms with E-state index in [2.05, 4.69) is 0 Å². The Labute approximate surface area is 165 Å². The van der Waals surface area contributed by atoms with Gasteiger partial charge in [0.1, 0.15) is 13.2 Å². The fraction of sp³-hybridized carbons (Fsp3) is 0.579. The number of nitrogens with zero attached hydrogens (tertiary/aromatic N) is 2. The molecule has 2 amide bonds. The molecule has 2 unspecified atom stereocenters. The van der Waals surface area contributed by atoms with E-state index in [-0.39, 0.29) is 42.6 Å². The van der Waals surface area contributed by atoms with Gasteiger partial charge >= 0.3 is 0 Å². The van der Waals surface area contributed by atoms with Crippen LogP contribution in [0.2, 0.25) is 0 Å². The maximum atomic E-state index is 13.0. The molecule has 3 aliphatic heterocycles. The van der Waals surface area contributed by atoms with Crippen LogP contribution in [0, 0.1) is 5.92 Å². The topological polar surface area (TPSA) is 85.1 Å². The predicted octanol–water partition coefficient (Wildman–Crippen LogP) is 1.57. The Kier molecular flexibility index (Phi) is 6.11. The first-order chi connectivity index (χ1) is 12.7.